The molecule has 0 saturated heterocycles. The van der Waals surface area contributed by atoms with Gasteiger partial charge in [0.15, 0.2) is 0 Å². The summed E-state index contributed by atoms with van der Waals surface area (Å²) in [4.78, 5) is 6.37. The standard InChI is InChI=1S/C9H13N3/c1-2-4-11-5-3-9-6-10-7-12(9)8-11/h3,5-7H,2,4,8H2,1H3. The van der Waals surface area contributed by atoms with Crippen LogP contribution in [0, 0.1) is 0 Å². The van der Waals surface area contributed by atoms with Crippen LogP contribution in [0.1, 0.15) is 19.0 Å². The Balaban J connectivity index is 2.13. The Morgan fingerprint density at radius 3 is 3.33 bits per heavy atom. The first-order valence-corrected chi connectivity index (χ1v) is 4.32. The molecule has 0 N–H and O–H groups in total. The van der Waals surface area contributed by atoms with Crippen molar-refractivity contribution in [3.8, 4) is 0 Å². The highest BCUT2D eigenvalue weighted by Crippen LogP contribution is 2.11. The normalized spacial score (nSPS) is 14.9. The summed E-state index contributed by atoms with van der Waals surface area (Å²) in [6, 6.07) is 0. The Morgan fingerprint density at radius 1 is 1.58 bits per heavy atom. The zero-order valence-corrected chi connectivity index (χ0v) is 7.27. The fraction of sp³-hybridized carbons (Fsp3) is 0.444. The first-order chi connectivity index (χ1) is 5.90. The number of nitrogens with zero attached hydrogens (tertiary/aromatic N) is 3. The topological polar surface area (TPSA) is 21.1 Å². The lowest BCUT2D eigenvalue weighted by molar-refractivity contribution is 0.298. The summed E-state index contributed by atoms with van der Waals surface area (Å²) in [5.74, 6) is 0. The van der Waals surface area contributed by atoms with Gasteiger partial charge >= 0.3 is 0 Å². The van der Waals surface area contributed by atoms with E-state index in [0.717, 1.165) is 13.2 Å². The van der Waals surface area contributed by atoms with Gasteiger partial charge in [-0.25, -0.2) is 4.98 Å². The summed E-state index contributed by atoms with van der Waals surface area (Å²) in [5.41, 5.74) is 1.20. The summed E-state index contributed by atoms with van der Waals surface area (Å²) >= 11 is 0. The van der Waals surface area contributed by atoms with Crippen LogP contribution in [0.25, 0.3) is 6.08 Å². The monoisotopic (exact) mass is 163 g/mol. The first-order valence-electron chi connectivity index (χ1n) is 4.32. The Hall–Kier alpha value is -1.25. The maximum absolute atomic E-state index is 4.08. The Labute approximate surface area is 72.3 Å². The van der Waals surface area contributed by atoms with Crippen LogP contribution in [0.2, 0.25) is 0 Å². The number of hydrogen-bond donors (Lipinski definition) is 0. The summed E-state index contributed by atoms with van der Waals surface area (Å²) in [6.45, 7) is 4.26. The Kier molecular flexibility index (Phi) is 1.86. The molecule has 3 nitrogen and oxygen atoms in total. The van der Waals surface area contributed by atoms with Gasteiger partial charge < -0.3 is 9.47 Å². The maximum atomic E-state index is 4.08. The van der Waals surface area contributed by atoms with Crippen LogP contribution in [0.4, 0.5) is 0 Å². The van der Waals surface area contributed by atoms with Gasteiger partial charge in [0.05, 0.1) is 24.9 Å². The molecule has 0 amide bonds. The molecule has 0 bridgehead atoms. The van der Waals surface area contributed by atoms with Gasteiger partial charge in [-0.1, -0.05) is 6.92 Å². The molecule has 0 atom stereocenters. The van der Waals surface area contributed by atoms with Gasteiger partial charge in [0.2, 0.25) is 0 Å². The van der Waals surface area contributed by atoms with E-state index in [0.29, 0.717) is 0 Å². The second-order valence-corrected chi connectivity index (χ2v) is 3.06. The smallest absolute Gasteiger partial charge is 0.0965 e. The Bertz CT molecular complexity index is 288. The average Bonchev–Trinajstić information content (AvgIpc) is 2.51. The third kappa shape index (κ3) is 1.22. The molecule has 0 aromatic carbocycles. The van der Waals surface area contributed by atoms with E-state index in [2.05, 4.69) is 33.7 Å². The quantitative estimate of drug-likeness (QED) is 0.659. The molecule has 1 aliphatic rings. The van der Waals surface area contributed by atoms with Crippen LogP contribution in [-0.2, 0) is 6.67 Å². The minimum atomic E-state index is 0.944. The predicted octanol–water partition coefficient (Wildman–Crippen LogP) is 1.54. The van der Waals surface area contributed by atoms with Crippen molar-refractivity contribution in [3.05, 3.63) is 24.4 Å². The molecule has 1 aliphatic heterocycles. The molecular weight excluding hydrogens is 150 g/mol. The lowest BCUT2D eigenvalue weighted by Crippen LogP contribution is -2.24. The number of hydrogen-bond acceptors (Lipinski definition) is 2. The van der Waals surface area contributed by atoms with Crippen molar-refractivity contribution in [2.45, 2.75) is 20.0 Å². The summed E-state index contributed by atoms with van der Waals surface area (Å²) in [5, 5.41) is 0. The third-order valence-corrected chi connectivity index (χ3v) is 2.05. The summed E-state index contributed by atoms with van der Waals surface area (Å²) < 4.78 is 2.15. The number of rotatable bonds is 2. The first kappa shape index (κ1) is 7.40. The molecule has 2 rings (SSSR count). The molecule has 0 unspecified atom stereocenters. The van der Waals surface area contributed by atoms with E-state index in [1.165, 1.54) is 12.1 Å². The number of aromatic nitrogens is 2. The fourth-order valence-electron chi connectivity index (χ4n) is 1.45. The van der Waals surface area contributed by atoms with Crippen molar-refractivity contribution in [1.29, 1.82) is 0 Å². The Morgan fingerprint density at radius 2 is 2.50 bits per heavy atom. The lowest BCUT2D eigenvalue weighted by Gasteiger charge is -2.24. The highest BCUT2D eigenvalue weighted by molar-refractivity contribution is 5.44. The molecule has 0 saturated carbocycles. The van der Waals surface area contributed by atoms with E-state index >= 15 is 0 Å². The van der Waals surface area contributed by atoms with Gasteiger partial charge in [0, 0.05) is 12.7 Å². The highest BCUT2D eigenvalue weighted by Gasteiger charge is 2.07. The van der Waals surface area contributed by atoms with Crippen LogP contribution < -0.4 is 0 Å². The largest absolute Gasteiger partial charge is 0.360 e. The molecule has 2 heterocycles. The maximum Gasteiger partial charge on any atom is 0.0965 e. The van der Waals surface area contributed by atoms with E-state index in [1.807, 2.05) is 12.5 Å². The van der Waals surface area contributed by atoms with Gasteiger partial charge in [-0.2, -0.15) is 0 Å². The zero-order chi connectivity index (χ0) is 8.39. The molecule has 0 radical (unpaired) electrons. The van der Waals surface area contributed by atoms with Crippen molar-refractivity contribution < 1.29 is 0 Å². The second kappa shape index (κ2) is 3.01. The molecule has 0 fully saturated rings. The minimum absolute atomic E-state index is 0.944. The summed E-state index contributed by atoms with van der Waals surface area (Å²) in [7, 11) is 0. The van der Waals surface area contributed by atoms with Crippen molar-refractivity contribution >= 4 is 6.08 Å². The average molecular weight is 163 g/mol. The van der Waals surface area contributed by atoms with Gasteiger partial charge in [-0.05, 0) is 12.5 Å². The van der Waals surface area contributed by atoms with Crippen molar-refractivity contribution in [1.82, 2.24) is 14.5 Å². The molecule has 0 spiro atoms. The number of imidazole rings is 1. The molecule has 1 aromatic heterocycles. The highest BCUT2D eigenvalue weighted by atomic mass is 15.3. The van der Waals surface area contributed by atoms with Crippen LogP contribution in [-0.4, -0.2) is 21.0 Å². The van der Waals surface area contributed by atoms with Crippen LogP contribution in [0.3, 0.4) is 0 Å². The molecular formula is C9H13N3. The van der Waals surface area contributed by atoms with E-state index in [-0.39, 0.29) is 0 Å². The molecule has 0 aliphatic carbocycles. The van der Waals surface area contributed by atoms with E-state index in [9.17, 15) is 0 Å². The predicted molar refractivity (Wildman–Crippen MR) is 48.3 cm³/mol. The van der Waals surface area contributed by atoms with E-state index in [4.69, 9.17) is 0 Å². The van der Waals surface area contributed by atoms with Gasteiger partial charge in [-0.3, -0.25) is 0 Å². The zero-order valence-electron chi connectivity index (χ0n) is 7.27. The van der Waals surface area contributed by atoms with Gasteiger partial charge in [-0.15, -0.1) is 0 Å². The molecule has 1 aromatic rings. The van der Waals surface area contributed by atoms with Crippen LogP contribution in [0.15, 0.2) is 18.7 Å². The summed E-state index contributed by atoms with van der Waals surface area (Å²) in [6.07, 6.45) is 9.20. The van der Waals surface area contributed by atoms with Crippen molar-refractivity contribution in [2.24, 2.45) is 0 Å². The van der Waals surface area contributed by atoms with Gasteiger partial charge in [0.1, 0.15) is 0 Å². The molecule has 3 heteroatoms. The van der Waals surface area contributed by atoms with Crippen LogP contribution in [0.5, 0.6) is 0 Å². The number of fused-ring (bicyclic) bond motifs is 1. The van der Waals surface area contributed by atoms with Crippen molar-refractivity contribution in [2.75, 3.05) is 6.54 Å². The molecule has 64 valence electrons. The molecule has 12 heavy (non-hydrogen) atoms. The minimum Gasteiger partial charge on any atom is -0.360 e. The van der Waals surface area contributed by atoms with E-state index in [1.54, 1.807) is 0 Å². The second-order valence-electron chi connectivity index (χ2n) is 3.06. The lowest BCUT2D eigenvalue weighted by atomic mass is 10.3. The van der Waals surface area contributed by atoms with Gasteiger partial charge in [0.25, 0.3) is 0 Å². The van der Waals surface area contributed by atoms with Crippen molar-refractivity contribution in [3.63, 3.8) is 0 Å². The third-order valence-electron chi connectivity index (χ3n) is 2.05. The van der Waals surface area contributed by atoms with Crippen LogP contribution >= 0.6 is 0 Å². The fourth-order valence-corrected chi connectivity index (χ4v) is 1.45. The van der Waals surface area contributed by atoms with E-state index < -0.39 is 0 Å². The SMILES string of the molecule is CCCN1C=Cc2cncn2C1.